The van der Waals surface area contributed by atoms with E-state index in [1.165, 1.54) is 12.1 Å². The van der Waals surface area contributed by atoms with E-state index in [-0.39, 0.29) is 11.7 Å². The Hall–Kier alpha value is -1.46. The Kier molecular flexibility index (Phi) is 4.97. The summed E-state index contributed by atoms with van der Waals surface area (Å²) in [7, 11) is 4.22. The number of carbonyl (C=O) groups excluding carboxylic acids is 1. The Bertz CT molecular complexity index is 548. The van der Waals surface area contributed by atoms with Gasteiger partial charge in [-0.05, 0) is 38.2 Å². The van der Waals surface area contributed by atoms with Crippen molar-refractivity contribution in [3.05, 3.63) is 35.6 Å². The Morgan fingerprint density at radius 2 is 1.87 bits per heavy atom. The van der Waals surface area contributed by atoms with Crippen molar-refractivity contribution in [2.45, 2.75) is 24.8 Å². The SMILES string of the molecule is CN1CCN(C)C(CC(=O)N2CCC(c3ccc(F)cc3)C2)C1. The average molecular weight is 319 g/mol. The molecular formula is C18H26FN3O. The Morgan fingerprint density at radius 3 is 2.61 bits per heavy atom. The van der Waals surface area contributed by atoms with Gasteiger partial charge in [-0.3, -0.25) is 4.79 Å². The largest absolute Gasteiger partial charge is 0.342 e. The van der Waals surface area contributed by atoms with Gasteiger partial charge in [-0.15, -0.1) is 0 Å². The molecule has 4 nitrogen and oxygen atoms in total. The van der Waals surface area contributed by atoms with Crippen molar-refractivity contribution in [3.8, 4) is 0 Å². The number of carbonyl (C=O) groups is 1. The number of hydrogen-bond acceptors (Lipinski definition) is 3. The van der Waals surface area contributed by atoms with Crippen LogP contribution in [0.15, 0.2) is 24.3 Å². The normalized spacial score (nSPS) is 26.7. The van der Waals surface area contributed by atoms with Gasteiger partial charge in [-0.1, -0.05) is 12.1 Å². The van der Waals surface area contributed by atoms with E-state index in [0.29, 0.717) is 18.4 Å². The van der Waals surface area contributed by atoms with Gasteiger partial charge in [0, 0.05) is 51.1 Å². The number of rotatable bonds is 3. The topological polar surface area (TPSA) is 26.8 Å². The van der Waals surface area contributed by atoms with E-state index in [1.807, 2.05) is 17.0 Å². The summed E-state index contributed by atoms with van der Waals surface area (Å²) in [5.41, 5.74) is 1.14. The van der Waals surface area contributed by atoms with Gasteiger partial charge in [0.05, 0.1) is 0 Å². The van der Waals surface area contributed by atoms with Crippen molar-refractivity contribution >= 4 is 5.91 Å². The van der Waals surface area contributed by atoms with Crippen LogP contribution in [0.3, 0.4) is 0 Å². The molecule has 0 aliphatic carbocycles. The maximum absolute atomic E-state index is 13.0. The maximum atomic E-state index is 13.0. The van der Waals surface area contributed by atoms with Gasteiger partial charge in [0.1, 0.15) is 5.82 Å². The molecule has 1 aromatic rings. The number of amides is 1. The fourth-order valence-corrected chi connectivity index (χ4v) is 3.65. The van der Waals surface area contributed by atoms with E-state index in [9.17, 15) is 9.18 Å². The molecule has 5 heteroatoms. The number of likely N-dealkylation sites (tertiary alicyclic amines) is 1. The lowest BCUT2D eigenvalue weighted by Gasteiger charge is -2.38. The number of benzene rings is 1. The maximum Gasteiger partial charge on any atom is 0.224 e. The van der Waals surface area contributed by atoms with Crippen molar-refractivity contribution in [3.63, 3.8) is 0 Å². The first-order valence-electron chi connectivity index (χ1n) is 8.45. The molecule has 0 N–H and O–H groups in total. The first kappa shape index (κ1) is 16.4. The minimum absolute atomic E-state index is 0.205. The van der Waals surface area contributed by atoms with Crippen molar-refractivity contribution in [2.24, 2.45) is 0 Å². The zero-order valence-electron chi connectivity index (χ0n) is 14.0. The number of halogens is 1. The summed E-state index contributed by atoms with van der Waals surface area (Å²) in [6, 6.07) is 7.01. The molecule has 0 radical (unpaired) electrons. The fourth-order valence-electron chi connectivity index (χ4n) is 3.65. The van der Waals surface area contributed by atoms with Crippen LogP contribution < -0.4 is 0 Å². The highest BCUT2D eigenvalue weighted by atomic mass is 19.1. The van der Waals surface area contributed by atoms with E-state index >= 15 is 0 Å². The van der Waals surface area contributed by atoms with Crippen LogP contribution in [0.1, 0.15) is 24.3 Å². The molecule has 126 valence electrons. The number of nitrogens with zero attached hydrogens (tertiary/aromatic N) is 3. The second-order valence-corrected chi connectivity index (χ2v) is 6.98. The number of likely N-dealkylation sites (N-methyl/N-ethyl adjacent to an activating group) is 2. The van der Waals surface area contributed by atoms with Gasteiger partial charge in [0.15, 0.2) is 0 Å². The first-order chi connectivity index (χ1) is 11.0. The smallest absolute Gasteiger partial charge is 0.224 e. The molecule has 0 saturated carbocycles. The first-order valence-corrected chi connectivity index (χ1v) is 8.45. The van der Waals surface area contributed by atoms with E-state index < -0.39 is 0 Å². The van der Waals surface area contributed by atoms with Gasteiger partial charge >= 0.3 is 0 Å². The molecule has 0 spiro atoms. The van der Waals surface area contributed by atoms with Crippen LogP contribution in [0.4, 0.5) is 4.39 Å². The van der Waals surface area contributed by atoms with Crippen LogP contribution in [0.2, 0.25) is 0 Å². The predicted octanol–water partition coefficient (Wildman–Crippen LogP) is 1.78. The van der Waals surface area contributed by atoms with Crippen molar-refractivity contribution < 1.29 is 9.18 Å². The van der Waals surface area contributed by atoms with Gasteiger partial charge in [0.25, 0.3) is 0 Å². The van der Waals surface area contributed by atoms with Crippen LogP contribution in [0.5, 0.6) is 0 Å². The monoisotopic (exact) mass is 319 g/mol. The standard InChI is InChI=1S/C18H26FN3O/c1-20-9-10-21(2)17(13-20)11-18(23)22-8-7-15(12-22)14-3-5-16(19)6-4-14/h3-6,15,17H,7-13H2,1-2H3. The third-order valence-electron chi connectivity index (χ3n) is 5.27. The lowest BCUT2D eigenvalue weighted by Crippen LogP contribution is -2.51. The second kappa shape index (κ2) is 6.97. The Morgan fingerprint density at radius 1 is 1.13 bits per heavy atom. The van der Waals surface area contributed by atoms with Crippen molar-refractivity contribution in [1.29, 1.82) is 0 Å². The molecule has 2 atom stereocenters. The molecule has 2 unspecified atom stereocenters. The fraction of sp³-hybridized carbons (Fsp3) is 0.611. The van der Waals surface area contributed by atoms with Gasteiger partial charge in [-0.25, -0.2) is 4.39 Å². The van der Waals surface area contributed by atoms with Gasteiger partial charge < -0.3 is 14.7 Å². The molecule has 1 aromatic carbocycles. The van der Waals surface area contributed by atoms with Crippen LogP contribution in [0.25, 0.3) is 0 Å². The lowest BCUT2D eigenvalue weighted by molar-refractivity contribution is -0.131. The minimum atomic E-state index is -0.205. The summed E-state index contributed by atoms with van der Waals surface area (Å²) in [6.07, 6.45) is 1.56. The van der Waals surface area contributed by atoms with Crippen LogP contribution >= 0.6 is 0 Å². The molecule has 23 heavy (non-hydrogen) atoms. The Balaban J connectivity index is 1.56. The molecule has 2 heterocycles. The molecule has 0 aromatic heterocycles. The Labute approximate surface area is 137 Å². The molecule has 1 amide bonds. The summed E-state index contributed by atoms with van der Waals surface area (Å²) < 4.78 is 13.0. The van der Waals surface area contributed by atoms with Crippen LogP contribution in [-0.2, 0) is 4.79 Å². The van der Waals surface area contributed by atoms with E-state index in [1.54, 1.807) is 0 Å². The average Bonchev–Trinajstić information content (AvgIpc) is 3.02. The summed E-state index contributed by atoms with van der Waals surface area (Å²) in [5, 5.41) is 0. The molecule has 0 bridgehead atoms. The zero-order chi connectivity index (χ0) is 16.4. The van der Waals surface area contributed by atoms with Crippen molar-refractivity contribution in [1.82, 2.24) is 14.7 Å². The highest BCUT2D eigenvalue weighted by Crippen LogP contribution is 2.28. The zero-order valence-corrected chi connectivity index (χ0v) is 14.0. The van der Waals surface area contributed by atoms with E-state index in [0.717, 1.165) is 44.7 Å². The van der Waals surface area contributed by atoms with Crippen LogP contribution in [0, 0.1) is 5.82 Å². The second-order valence-electron chi connectivity index (χ2n) is 6.98. The number of hydrogen-bond donors (Lipinski definition) is 0. The number of piperazine rings is 1. The molecule has 2 saturated heterocycles. The summed E-state index contributed by atoms with van der Waals surface area (Å²) >= 11 is 0. The highest BCUT2D eigenvalue weighted by Gasteiger charge is 2.31. The summed E-state index contributed by atoms with van der Waals surface area (Å²) in [5.74, 6) is 0.386. The van der Waals surface area contributed by atoms with E-state index in [2.05, 4.69) is 23.9 Å². The van der Waals surface area contributed by atoms with Gasteiger partial charge in [-0.2, -0.15) is 0 Å². The van der Waals surface area contributed by atoms with Crippen LogP contribution in [-0.4, -0.2) is 73.5 Å². The molecular weight excluding hydrogens is 293 g/mol. The summed E-state index contributed by atoms with van der Waals surface area (Å²) in [4.78, 5) is 19.2. The predicted molar refractivity (Wildman–Crippen MR) is 88.9 cm³/mol. The molecule has 3 rings (SSSR count). The van der Waals surface area contributed by atoms with Gasteiger partial charge in [0.2, 0.25) is 5.91 Å². The van der Waals surface area contributed by atoms with E-state index in [4.69, 9.17) is 0 Å². The molecule has 2 fully saturated rings. The lowest BCUT2D eigenvalue weighted by atomic mass is 9.98. The third kappa shape index (κ3) is 3.90. The molecule has 2 aliphatic heterocycles. The minimum Gasteiger partial charge on any atom is -0.342 e. The summed E-state index contributed by atoms with van der Waals surface area (Å²) in [6.45, 7) is 4.62. The van der Waals surface area contributed by atoms with Crippen molar-refractivity contribution in [2.75, 3.05) is 46.8 Å². The third-order valence-corrected chi connectivity index (χ3v) is 5.27. The molecule has 2 aliphatic rings. The quantitative estimate of drug-likeness (QED) is 0.850. The highest BCUT2D eigenvalue weighted by molar-refractivity contribution is 5.77.